The van der Waals surface area contributed by atoms with Gasteiger partial charge >= 0.3 is 0 Å². The summed E-state index contributed by atoms with van der Waals surface area (Å²) in [6.07, 6.45) is 7.63. The molecule has 0 aromatic heterocycles. The molecule has 0 aromatic rings. The van der Waals surface area contributed by atoms with Crippen LogP contribution in [-0.4, -0.2) is 19.0 Å². The van der Waals surface area contributed by atoms with E-state index < -0.39 is 0 Å². The largest absolute Gasteiger partial charge is 0.381 e. The van der Waals surface area contributed by atoms with E-state index in [4.69, 9.17) is 4.74 Å². The molecule has 0 radical (unpaired) electrons. The van der Waals surface area contributed by atoms with Crippen molar-refractivity contribution in [1.82, 2.24) is 0 Å². The molecular formula is C15H28O2. The molecule has 1 saturated carbocycles. The van der Waals surface area contributed by atoms with Crippen LogP contribution in [0.1, 0.15) is 65.7 Å². The molecular weight excluding hydrogens is 212 g/mol. The summed E-state index contributed by atoms with van der Waals surface area (Å²) >= 11 is 0. The Morgan fingerprint density at radius 2 is 2.00 bits per heavy atom. The van der Waals surface area contributed by atoms with Crippen molar-refractivity contribution in [3.05, 3.63) is 0 Å². The van der Waals surface area contributed by atoms with Crippen molar-refractivity contribution < 1.29 is 9.53 Å². The Labute approximate surface area is 106 Å². The third-order valence-electron chi connectivity index (χ3n) is 4.20. The molecule has 1 rings (SSSR count). The molecule has 0 N–H and O–H groups in total. The van der Waals surface area contributed by atoms with Crippen LogP contribution < -0.4 is 0 Å². The number of ketones is 1. The van der Waals surface area contributed by atoms with Gasteiger partial charge < -0.3 is 4.74 Å². The number of rotatable bonds is 9. The van der Waals surface area contributed by atoms with E-state index in [0.29, 0.717) is 11.7 Å². The van der Waals surface area contributed by atoms with Crippen LogP contribution >= 0.6 is 0 Å². The van der Waals surface area contributed by atoms with E-state index in [-0.39, 0.29) is 5.41 Å². The number of carbonyl (C=O) groups excluding carboxylic acids is 1. The van der Waals surface area contributed by atoms with Crippen molar-refractivity contribution in [2.45, 2.75) is 65.7 Å². The molecule has 1 fully saturated rings. The number of ether oxygens (including phenoxy) is 1. The summed E-state index contributed by atoms with van der Waals surface area (Å²) in [6.45, 7) is 8.32. The Kier molecular flexibility index (Phi) is 6.18. The summed E-state index contributed by atoms with van der Waals surface area (Å²) in [7, 11) is 0. The third kappa shape index (κ3) is 4.42. The number of unbranched alkanes of at least 4 members (excludes halogenated alkanes) is 1. The fourth-order valence-corrected chi connectivity index (χ4v) is 2.58. The SMILES string of the molecule is CCCCC(CC)COCC1(CC)CC(=O)C1. The standard InChI is InChI=1S/C15H28O2/c1-4-7-8-13(5-2)11-17-12-15(6-3)9-14(16)10-15/h13H,4-12H2,1-3H3. The second-order valence-electron chi connectivity index (χ2n) is 5.68. The Hall–Kier alpha value is -0.370. The molecule has 1 unspecified atom stereocenters. The Bertz CT molecular complexity index is 227. The molecule has 0 bridgehead atoms. The topological polar surface area (TPSA) is 26.3 Å². The summed E-state index contributed by atoms with van der Waals surface area (Å²) < 4.78 is 5.88. The van der Waals surface area contributed by atoms with Gasteiger partial charge in [0.2, 0.25) is 0 Å². The number of Topliss-reactive ketones (excluding diaryl/α,β-unsaturated/α-hetero) is 1. The van der Waals surface area contributed by atoms with E-state index >= 15 is 0 Å². The van der Waals surface area contributed by atoms with Crippen molar-refractivity contribution in [2.24, 2.45) is 11.3 Å². The van der Waals surface area contributed by atoms with E-state index in [1.807, 2.05) is 0 Å². The van der Waals surface area contributed by atoms with Gasteiger partial charge in [-0.1, -0.05) is 40.0 Å². The minimum atomic E-state index is 0.195. The maximum atomic E-state index is 11.1. The monoisotopic (exact) mass is 240 g/mol. The zero-order valence-corrected chi connectivity index (χ0v) is 11.8. The predicted molar refractivity (Wildman–Crippen MR) is 71.1 cm³/mol. The lowest BCUT2D eigenvalue weighted by Crippen LogP contribution is -2.41. The number of hydrogen-bond acceptors (Lipinski definition) is 2. The Balaban J connectivity index is 2.19. The first-order valence-electron chi connectivity index (χ1n) is 7.25. The molecule has 1 aliphatic rings. The highest BCUT2D eigenvalue weighted by atomic mass is 16.5. The first-order chi connectivity index (χ1) is 8.15. The lowest BCUT2D eigenvalue weighted by molar-refractivity contribution is -0.137. The van der Waals surface area contributed by atoms with Crippen LogP contribution in [0.5, 0.6) is 0 Å². The van der Waals surface area contributed by atoms with E-state index in [1.165, 1.54) is 25.7 Å². The molecule has 1 aliphatic carbocycles. The van der Waals surface area contributed by atoms with Crippen molar-refractivity contribution in [3.63, 3.8) is 0 Å². The molecule has 2 nitrogen and oxygen atoms in total. The van der Waals surface area contributed by atoms with Crippen molar-refractivity contribution in [3.8, 4) is 0 Å². The summed E-state index contributed by atoms with van der Waals surface area (Å²) in [5, 5.41) is 0. The van der Waals surface area contributed by atoms with Crippen molar-refractivity contribution in [2.75, 3.05) is 13.2 Å². The van der Waals surface area contributed by atoms with Crippen LogP contribution in [0.25, 0.3) is 0 Å². The number of carbonyl (C=O) groups is 1. The molecule has 0 saturated heterocycles. The second-order valence-corrected chi connectivity index (χ2v) is 5.68. The lowest BCUT2D eigenvalue weighted by Gasteiger charge is -2.39. The van der Waals surface area contributed by atoms with Gasteiger partial charge in [-0.3, -0.25) is 4.79 Å². The smallest absolute Gasteiger partial charge is 0.134 e. The average molecular weight is 240 g/mol. The molecule has 0 spiro atoms. The summed E-state index contributed by atoms with van der Waals surface area (Å²) in [5.74, 6) is 1.12. The minimum absolute atomic E-state index is 0.195. The van der Waals surface area contributed by atoms with Gasteiger partial charge in [0.25, 0.3) is 0 Å². The second kappa shape index (κ2) is 7.15. The molecule has 2 heteroatoms. The molecule has 0 amide bonds. The van der Waals surface area contributed by atoms with Gasteiger partial charge in [0.15, 0.2) is 0 Å². The maximum absolute atomic E-state index is 11.1. The van der Waals surface area contributed by atoms with Crippen LogP contribution in [0.15, 0.2) is 0 Å². The molecule has 17 heavy (non-hydrogen) atoms. The van der Waals surface area contributed by atoms with Crippen LogP contribution in [0, 0.1) is 11.3 Å². The van der Waals surface area contributed by atoms with Gasteiger partial charge in [-0.05, 0) is 18.8 Å². The van der Waals surface area contributed by atoms with Gasteiger partial charge in [-0.2, -0.15) is 0 Å². The first-order valence-corrected chi connectivity index (χ1v) is 7.25. The van der Waals surface area contributed by atoms with E-state index in [2.05, 4.69) is 20.8 Å². The van der Waals surface area contributed by atoms with Crippen LogP contribution in [0.2, 0.25) is 0 Å². The molecule has 100 valence electrons. The molecule has 0 heterocycles. The fraction of sp³-hybridized carbons (Fsp3) is 0.933. The van der Waals surface area contributed by atoms with Crippen LogP contribution in [-0.2, 0) is 9.53 Å². The van der Waals surface area contributed by atoms with Gasteiger partial charge in [0.1, 0.15) is 5.78 Å². The average Bonchev–Trinajstić information content (AvgIpc) is 2.30. The highest BCUT2D eigenvalue weighted by molar-refractivity contribution is 5.86. The third-order valence-corrected chi connectivity index (χ3v) is 4.20. The number of hydrogen-bond donors (Lipinski definition) is 0. The lowest BCUT2D eigenvalue weighted by atomic mass is 9.67. The zero-order chi connectivity index (χ0) is 12.7. The normalized spacial score (nSPS) is 20.1. The minimum Gasteiger partial charge on any atom is -0.381 e. The van der Waals surface area contributed by atoms with Gasteiger partial charge in [-0.15, -0.1) is 0 Å². The molecule has 0 aromatic carbocycles. The highest BCUT2D eigenvalue weighted by Gasteiger charge is 2.42. The zero-order valence-electron chi connectivity index (χ0n) is 11.8. The Morgan fingerprint density at radius 1 is 1.29 bits per heavy atom. The van der Waals surface area contributed by atoms with E-state index in [1.54, 1.807) is 0 Å². The van der Waals surface area contributed by atoms with Crippen LogP contribution in [0.3, 0.4) is 0 Å². The quantitative estimate of drug-likeness (QED) is 0.609. The predicted octanol–water partition coefficient (Wildman–Crippen LogP) is 3.98. The van der Waals surface area contributed by atoms with Crippen molar-refractivity contribution >= 4 is 5.78 Å². The summed E-state index contributed by atoms with van der Waals surface area (Å²) in [5.41, 5.74) is 0.195. The fourth-order valence-electron chi connectivity index (χ4n) is 2.58. The van der Waals surface area contributed by atoms with Crippen molar-refractivity contribution in [1.29, 1.82) is 0 Å². The summed E-state index contributed by atoms with van der Waals surface area (Å²) in [6, 6.07) is 0. The first kappa shape index (κ1) is 14.7. The Morgan fingerprint density at radius 3 is 2.47 bits per heavy atom. The maximum Gasteiger partial charge on any atom is 0.134 e. The van der Waals surface area contributed by atoms with E-state index in [9.17, 15) is 4.79 Å². The van der Waals surface area contributed by atoms with Gasteiger partial charge in [0, 0.05) is 24.9 Å². The molecule has 1 atom stereocenters. The van der Waals surface area contributed by atoms with Crippen LogP contribution in [0.4, 0.5) is 0 Å². The molecule has 0 aliphatic heterocycles. The van der Waals surface area contributed by atoms with Gasteiger partial charge in [-0.25, -0.2) is 0 Å². The van der Waals surface area contributed by atoms with E-state index in [0.717, 1.165) is 32.5 Å². The van der Waals surface area contributed by atoms with Gasteiger partial charge in [0.05, 0.1) is 6.61 Å². The summed E-state index contributed by atoms with van der Waals surface area (Å²) in [4.78, 5) is 11.1. The highest BCUT2D eigenvalue weighted by Crippen LogP contribution is 2.41.